The number of aliphatic hydroxyl groups excluding tert-OH is 2. The van der Waals surface area contributed by atoms with E-state index in [4.69, 9.17) is 0 Å². The van der Waals surface area contributed by atoms with Crippen LogP contribution in [0.25, 0.3) is 0 Å². The van der Waals surface area contributed by atoms with Gasteiger partial charge in [-0.05, 0) is 42.1 Å². The van der Waals surface area contributed by atoms with Gasteiger partial charge in [0.05, 0.1) is 12.6 Å². The SMILES string of the molecule is CN(CC(=O)N1C[C@H](O)[C@@]2(C1)[C@H](CO)[C@H]2c1ccccc1)Cc1ccncc1. The number of likely N-dealkylation sites (N-methyl/N-ethyl adjacent to an activating group) is 1. The normalized spacial score (nSPS) is 28.9. The Morgan fingerprint density at radius 1 is 1.25 bits per heavy atom. The second-order valence-electron chi connectivity index (χ2n) is 8.11. The Balaban J connectivity index is 1.41. The first-order valence-corrected chi connectivity index (χ1v) is 9.75. The Morgan fingerprint density at radius 3 is 2.64 bits per heavy atom. The molecule has 0 radical (unpaired) electrons. The number of hydrogen-bond acceptors (Lipinski definition) is 5. The highest BCUT2D eigenvalue weighted by atomic mass is 16.3. The predicted octanol–water partition coefficient (Wildman–Crippen LogP) is 1.11. The highest BCUT2D eigenvalue weighted by molar-refractivity contribution is 5.79. The van der Waals surface area contributed by atoms with E-state index in [0.29, 0.717) is 26.2 Å². The largest absolute Gasteiger partial charge is 0.396 e. The van der Waals surface area contributed by atoms with Gasteiger partial charge in [0.25, 0.3) is 0 Å². The average Bonchev–Trinajstić information content (AvgIpc) is 3.24. The van der Waals surface area contributed by atoms with Crippen LogP contribution in [-0.4, -0.2) is 70.3 Å². The minimum absolute atomic E-state index is 0.00255. The molecule has 6 heteroatoms. The molecule has 28 heavy (non-hydrogen) atoms. The van der Waals surface area contributed by atoms with Gasteiger partial charge < -0.3 is 15.1 Å². The van der Waals surface area contributed by atoms with Crippen LogP contribution in [0.5, 0.6) is 0 Å². The molecule has 1 aromatic carbocycles. The van der Waals surface area contributed by atoms with Crippen molar-refractivity contribution in [2.24, 2.45) is 11.3 Å². The number of β-amino-alcohol motifs (C(OH)–C–C–N with tert-alkyl or cyclic N) is 1. The highest BCUT2D eigenvalue weighted by Gasteiger charge is 2.71. The van der Waals surface area contributed by atoms with Crippen LogP contribution in [0.3, 0.4) is 0 Å². The number of amides is 1. The van der Waals surface area contributed by atoms with E-state index in [1.54, 1.807) is 17.3 Å². The van der Waals surface area contributed by atoms with Crippen LogP contribution in [0, 0.1) is 11.3 Å². The molecule has 148 valence electrons. The van der Waals surface area contributed by atoms with Gasteiger partial charge in [-0.2, -0.15) is 0 Å². The van der Waals surface area contributed by atoms with E-state index in [1.165, 1.54) is 0 Å². The fourth-order valence-electron chi connectivity index (χ4n) is 4.94. The lowest BCUT2D eigenvalue weighted by atomic mass is 9.95. The van der Waals surface area contributed by atoms with Crippen molar-refractivity contribution in [1.29, 1.82) is 0 Å². The van der Waals surface area contributed by atoms with Crippen molar-refractivity contribution in [3.63, 3.8) is 0 Å². The van der Waals surface area contributed by atoms with Crippen molar-refractivity contribution < 1.29 is 15.0 Å². The molecule has 2 aromatic rings. The van der Waals surface area contributed by atoms with Crippen molar-refractivity contribution in [3.8, 4) is 0 Å². The van der Waals surface area contributed by atoms with Crippen LogP contribution in [-0.2, 0) is 11.3 Å². The van der Waals surface area contributed by atoms with Gasteiger partial charge in [0, 0.05) is 44.0 Å². The van der Waals surface area contributed by atoms with Crippen molar-refractivity contribution >= 4 is 5.91 Å². The molecule has 2 fully saturated rings. The van der Waals surface area contributed by atoms with E-state index < -0.39 is 11.5 Å². The Hall–Kier alpha value is -2.28. The molecule has 2 heterocycles. The summed E-state index contributed by atoms with van der Waals surface area (Å²) < 4.78 is 0. The van der Waals surface area contributed by atoms with Crippen LogP contribution in [0.2, 0.25) is 0 Å². The van der Waals surface area contributed by atoms with Crippen LogP contribution in [0.1, 0.15) is 17.0 Å². The molecule has 1 aliphatic carbocycles. The Labute approximate surface area is 165 Å². The molecule has 6 nitrogen and oxygen atoms in total. The van der Waals surface area contributed by atoms with Gasteiger partial charge in [-0.15, -0.1) is 0 Å². The van der Waals surface area contributed by atoms with Gasteiger partial charge in [0.1, 0.15) is 0 Å². The fraction of sp³-hybridized carbons (Fsp3) is 0.455. The smallest absolute Gasteiger partial charge is 0.236 e. The van der Waals surface area contributed by atoms with Gasteiger partial charge in [-0.3, -0.25) is 14.7 Å². The Kier molecular flexibility index (Phi) is 5.19. The minimum Gasteiger partial charge on any atom is -0.396 e. The summed E-state index contributed by atoms with van der Waals surface area (Å²) in [6, 6.07) is 13.9. The standard InChI is InChI=1S/C22H27N3O3/c1-24(11-16-7-9-23-10-8-16)13-20(28)25-12-19(27)22(15-25)18(14-26)21(22)17-5-3-2-4-6-17/h2-10,18-19,21,26-27H,11-15H2,1H3/t18-,19+,21-,22-/m1/s1. The molecule has 0 bridgehead atoms. The van der Waals surface area contributed by atoms with Crippen LogP contribution in [0.15, 0.2) is 54.9 Å². The third-order valence-electron chi connectivity index (χ3n) is 6.36. The van der Waals surface area contributed by atoms with E-state index in [0.717, 1.165) is 11.1 Å². The van der Waals surface area contributed by atoms with Crippen LogP contribution < -0.4 is 0 Å². The molecule has 4 atom stereocenters. The Morgan fingerprint density at radius 2 is 1.96 bits per heavy atom. The van der Waals surface area contributed by atoms with E-state index >= 15 is 0 Å². The summed E-state index contributed by atoms with van der Waals surface area (Å²) in [4.78, 5) is 20.6. The van der Waals surface area contributed by atoms with Crippen molar-refractivity contribution in [2.75, 3.05) is 33.3 Å². The number of carbonyl (C=O) groups excluding carboxylic acids is 1. The molecule has 1 saturated heterocycles. The molecular weight excluding hydrogens is 354 g/mol. The quantitative estimate of drug-likeness (QED) is 0.784. The minimum atomic E-state index is -0.607. The highest BCUT2D eigenvalue weighted by Crippen LogP contribution is 2.68. The first kappa shape index (κ1) is 19.1. The third kappa shape index (κ3) is 3.32. The first-order chi connectivity index (χ1) is 13.6. The number of rotatable bonds is 6. The number of carbonyl (C=O) groups is 1. The number of nitrogens with zero attached hydrogens (tertiary/aromatic N) is 3. The molecule has 1 spiro atoms. The summed E-state index contributed by atoms with van der Waals surface area (Å²) in [6.07, 6.45) is 2.89. The number of hydrogen-bond donors (Lipinski definition) is 2. The average molecular weight is 381 g/mol. The zero-order valence-corrected chi connectivity index (χ0v) is 16.1. The third-order valence-corrected chi connectivity index (χ3v) is 6.36. The first-order valence-electron chi connectivity index (χ1n) is 9.75. The summed E-state index contributed by atoms with van der Waals surface area (Å²) in [5, 5.41) is 20.7. The second kappa shape index (κ2) is 7.62. The van der Waals surface area contributed by atoms with E-state index in [2.05, 4.69) is 4.98 Å². The summed E-state index contributed by atoms with van der Waals surface area (Å²) >= 11 is 0. The lowest BCUT2D eigenvalue weighted by Gasteiger charge is -2.21. The van der Waals surface area contributed by atoms with Gasteiger partial charge in [0.2, 0.25) is 5.91 Å². The molecule has 1 aliphatic heterocycles. The van der Waals surface area contributed by atoms with E-state index in [1.807, 2.05) is 54.4 Å². The topological polar surface area (TPSA) is 76.9 Å². The summed E-state index contributed by atoms with van der Waals surface area (Å²) in [5.41, 5.74) is 1.81. The Bertz CT molecular complexity index is 816. The molecule has 2 N–H and O–H groups in total. The second-order valence-corrected chi connectivity index (χ2v) is 8.11. The van der Waals surface area contributed by atoms with Gasteiger partial charge in [0.15, 0.2) is 0 Å². The van der Waals surface area contributed by atoms with Gasteiger partial charge in [-0.25, -0.2) is 0 Å². The predicted molar refractivity (Wildman–Crippen MR) is 105 cm³/mol. The maximum atomic E-state index is 12.8. The number of aromatic nitrogens is 1. The van der Waals surface area contributed by atoms with Gasteiger partial charge >= 0.3 is 0 Å². The maximum absolute atomic E-state index is 12.8. The van der Waals surface area contributed by atoms with Crippen molar-refractivity contribution in [3.05, 3.63) is 66.0 Å². The molecule has 1 amide bonds. The molecule has 2 aliphatic rings. The summed E-state index contributed by atoms with van der Waals surface area (Å²) in [7, 11) is 1.92. The van der Waals surface area contributed by atoms with E-state index in [9.17, 15) is 15.0 Å². The summed E-state index contributed by atoms with van der Waals surface area (Å²) in [5.74, 6) is 0.112. The summed E-state index contributed by atoms with van der Waals surface area (Å²) in [6.45, 7) is 1.83. The zero-order valence-electron chi connectivity index (χ0n) is 16.1. The molecule has 1 saturated carbocycles. The number of pyridine rings is 1. The maximum Gasteiger partial charge on any atom is 0.236 e. The lowest BCUT2D eigenvalue weighted by Crippen LogP contribution is -2.38. The molecule has 4 rings (SSSR count). The van der Waals surface area contributed by atoms with Crippen LogP contribution >= 0.6 is 0 Å². The van der Waals surface area contributed by atoms with Gasteiger partial charge in [-0.1, -0.05) is 30.3 Å². The van der Waals surface area contributed by atoms with E-state index in [-0.39, 0.29) is 24.3 Å². The fourth-order valence-corrected chi connectivity index (χ4v) is 4.94. The monoisotopic (exact) mass is 381 g/mol. The lowest BCUT2D eigenvalue weighted by molar-refractivity contribution is -0.131. The number of benzene rings is 1. The van der Waals surface area contributed by atoms with Crippen LogP contribution in [0.4, 0.5) is 0 Å². The molecule has 0 unspecified atom stereocenters. The number of aliphatic hydroxyl groups is 2. The van der Waals surface area contributed by atoms with Crippen molar-refractivity contribution in [1.82, 2.24) is 14.8 Å². The zero-order chi connectivity index (χ0) is 19.7. The molecular formula is C22H27N3O3. The van der Waals surface area contributed by atoms with Crippen molar-refractivity contribution in [2.45, 2.75) is 18.6 Å². The number of likely N-dealkylation sites (tertiary alicyclic amines) is 1. The molecule has 1 aromatic heterocycles.